The van der Waals surface area contributed by atoms with Crippen LogP contribution in [-0.2, 0) is 28.8 Å². The van der Waals surface area contributed by atoms with Gasteiger partial charge in [-0.1, -0.05) is 54.6 Å². The highest BCUT2D eigenvalue weighted by molar-refractivity contribution is 9.10. The van der Waals surface area contributed by atoms with Crippen LogP contribution in [0.5, 0.6) is 17.2 Å². The van der Waals surface area contributed by atoms with Crippen molar-refractivity contribution < 1.29 is 38.7 Å². The van der Waals surface area contributed by atoms with Crippen LogP contribution in [0, 0.1) is 5.41 Å². The Morgan fingerprint density at radius 2 is 1.38 bits per heavy atom. The van der Waals surface area contributed by atoms with Crippen LogP contribution in [0.4, 0.5) is 4.79 Å². The second kappa shape index (κ2) is 13.0. The number of aliphatic hydroxyl groups excluding tert-OH is 1. The van der Waals surface area contributed by atoms with Crippen LogP contribution in [0.2, 0.25) is 0 Å². The summed E-state index contributed by atoms with van der Waals surface area (Å²) in [5, 5.41) is 26.6. The average Bonchev–Trinajstić information content (AvgIpc) is 3.30. The maximum absolute atomic E-state index is 13.5. The minimum Gasteiger partial charge on any atom is -0.496 e. The smallest absolute Gasteiger partial charge is 0.327 e. The van der Waals surface area contributed by atoms with E-state index < -0.39 is 39.8 Å². The predicted molar refractivity (Wildman–Crippen MR) is 171 cm³/mol. The van der Waals surface area contributed by atoms with Crippen molar-refractivity contribution in [3.05, 3.63) is 89.5 Å². The van der Waals surface area contributed by atoms with Crippen molar-refractivity contribution in [2.24, 2.45) is 5.41 Å². The van der Waals surface area contributed by atoms with E-state index in [-0.39, 0.29) is 32.2 Å². The number of hydrogen-bond donors (Lipinski definition) is 3. The van der Waals surface area contributed by atoms with Gasteiger partial charge in [-0.05, 0) is 64.2 Å². The van der Waals surface area contributed by atoms with Gasteiger partial charge in [0, 0.05) is 25.8 Å². The molecule has 5 atom stereocenters. The van der Waals surface area contributed by atoms with Crippen LogP contribution in [-0.4, -0.2) is 77.4 Å². The Labute approximate surface area is 271 Å². The SMILES string of the molecule is COc1ccccc1CC(O)[C@H]1O[C@@](Br)(N2CC(C)(Cc3ccccc3OC)C(=O)NC2=O)C[C@@]1(O)Cc1ccccc1OC. The van der Waals surface area contributed by atoms with Gasteiger partial charge in [-0.2, -0.15) is 0 Å². The Balaban J connectivity index is 1.49. The summed E-state index contributed by atoms with van der Waals surface area (Å²) in [5.74, 6) is 1.36. The van der Waals surface area contributed by atoms with E-state index in [1.807, 2.05) is 60.7 Å². The Bertz CT molecular complexity index is 1550. The molecular weight excluding hydrogens is 644 g/mol. The number of halogens is 1. The number of ether oxygens (including phenoxy) is 4. The van der Waals surface area contributed by atoms with Gasteiger partial charge in [0.25, 0.3) is 0 Å². The van der Waals surface area contributed by atoms with Gasteiger partial charge in [-0.15, -0.1) is 0 Å². The molecule has 45 heavy (non-hydrogen) atoms. The molecule has 2 unspecified atom stereocenters. The lowest BCUT2D eigenvalue weighted by Gasteiger charge is -2.45. The van der Waals surface area contributed by atoms with Crippen molar-refractivity contribution in [2.45, 2.75) is 55.1 Å². The van der Waals surface area contributed by atoms with Gasteiger partial charge in [0.05, 0.1) is 32.8 Å². The molecule has 2 heterocycles. The lowest BCUT2D eigenvalue weighted by molar-refractivity contribution is -0.146. The van der Waals surface area contributed by atoms with Gasteiger partial charge in [0.15, 0.2) is 0 Å². The largest absolute Gasteiger partial charge is 0.496 e. The van der Waals surface area contributed by atoms with Crippen molar-refractivity contribution in [2.75, 3.05) is 27.9 Å². The third-order valence-corrected chi connectivity index (χ3v) is 9.61. The van der Waals surface area contributed by atoms with Gasteiger partial charge >= 0.3 is 6.03 Å². The van der Waals surface area contributed by atoms with E-state index in [2.05, 4.69) is 21.2 Å². The predicted octanol–water partition coefficient (Wildman–Crippen LogP) is 4.23. The number of hydrogen-bond acceptors (Lipinski definition) is 8. The molecule has 0 aromatic heterocycles. The van der Waals surface area contributed by atoms with Crippen LogP contribution in [0.15, 0.2) is 72.8 Å². The number of carbonyl (C=O) groups excluding carboxylic acids is 2. The van der Waals surface area contributed by atoms with Crippen molar-refractivity contribution in [1.29, 1.82) is 0 Å². The number of rotatable bonds is 11. The number of carbonyl (C=O) groups is 2. The molecule has 0 radical (unpaired) electrons. The fraction of sp³-hybridized carbons (Fsp3) is 0.412. The molecule has 0 bridgehead atoms. The molecule has 2 saturated heterocycles. The highest BCUT2D eigenvalue weighted by atomic mass is 79.9. The highest BCUT2D eigenvalue weighted by Gasteiger charge is 2.62. The normalized spacial score (nSPS) is 27.2. The molecule has 240 valence electrons. The number of benzene rings is 3. The maximum Gasteiger partial charge on any atom is 0.327 e. The number of nitrogens with one attached hydrogen (secondary N) is 1. The van der Waals surface area contributed by atoms with Gasteiger partial charge in [0.1, 0.15) is 29.0 Å². The number of para-hydroxylation sites is 3. The second-order valence-corrected chi connectivity index (χ2v) is 13.2. The summed E-state index contributed by atoms with van der Waals surface area (Å²) < 4.78 is 21.5. The molecular formula is C34H39BrN2O8. The van der Waals surface area contributed by atoms with E-state index in [9.17, 15) is 19.8 Å². The number of alkyl halides is 1. The molecule has 3 amide bonds. The van der Waals surface area contributed by atoms with Crippen LogP contribution in [0.1, 0.15) is 30.0 Å². The second-order valence-electron chi connectivity index (χ2n) is 12.0. The lowest BCUT2D eigenvalue weighted by Crippen LogP contribution is -2.65. The molecule has 3 aromatic rings. The summed E-state index contributed by atoms with van der Waals surface area (Å²) in [6, 6.07) is 21.4. The number of aliphatic hydroxyl groups is 2. The van der Waals surface area contributed by atoms with Gasteiger partial charge in [-0.3, -0.25) is 15.0 Å². The first-order valence-electron chi connectivity index (χ1n) is 14.7. The molecule has 0 spiro atoms. The first kappa shape index (κ1) is 32.7. The standard InChI is InChI=1S/C34H39BrN2O8/c1-32(18-23-12-6-9-15-27(23)43-3)21-37(31(40)36-30(32)39)34(35)20-33(41,19-24-13-7-10-16-28(24)44-4)29(45-34)25(38)17-22-11-5-8-14-26(22)42-2/h5-16,25,29,38,41H,17-21H2,1-4H3,(H,36,39,40)/t25?,29-,32?,33+,34+/m1/s1. The summed E-state index contributed by atoms with van der Waals surface area (Å²) in [4.78, 5) is 28.1. The van der Waals surface area contributed by atoms with Crippen molar-refractivity contribution >= 4 is 27.9 Å². The monoisotopic (exact) mass is 682 g/mol. The molecule has 2 fully saturated rings. The fourth-order valence-corrected chi connectivity index (χ4v) is 7.42. The summed E-state index contributed by atoms with van der Waals surface area (Å²) in [7, 11) is 4.67. The van der Waals surface area contributed by atoms with E-state index in [0.717, 1.165) is 11.1 Å². The molecule has 3 aromatic carbocycles. The molecule has 10 nitrogen and oxygen atoms in total. The molecule has 3 N–H and O–H groups in total. The first-order valence-corrected chi connectivity index (χ1v) is 15.5. The molecule has 0 saturated carbocycles. The summed E-state index contributed by atoms with van der Waals surface area (Å²) in [6.45, 7) is 1.75. The fourth-order valence-electron chi connectivity index (χ4n) is 6.45. The zero-order chi connectivity index (χ0) is 32.4. The van der Waals surface area contributed by atoms with Gasteiger partial charge in [-0.25, -0.2) is 4.79 Å². The number of methoxy groups -OCH3 is 3. The Hall–Kier alpha value is -3.64. The average molecular weight is 684 g/mol. The van der Waals surface area contributed by atoms with Crippen LogP contribution >= 0.6 is 15.9 Å². The van der Waals surface area contributed by atoms with Crippen LogP contribution < -0.4 is 19.5 Å². The first-order chi connectivity index (χ1) is 21.4. The minimum atomic E-state index is -1.67. The van der Waals surface area contributed by atoms with Crippen LogP contribution in [0.25, 0.3) is 0 Å². The van der Waals surface area contributed by atoms with Crippen LogP contribution in [0.3, 0.4) is 0 Å². The Morgan fingerprint density at radius 1 is 0.889 bits per heavy atom. The van der Waals surface area contributed by atoms with E-state index in [0.29, 0.717) is 22.8 Å². The summed E-state index contributed by atoms with van der Waals surface area (Å²) in [6.07, 6.45) is -2.01. The van der Waals surface area contributed by atoms with E-state index in [1.54, 1.807) is 40.4 Å². The topological polar surface area (TPSA) is 127 Å². The third-order valence-electron chi connectivity index (χ3n) is 8.72. The zero-order valence-corrected chi connectivity index (χ0v) is 27.4. The summed E-state index contributed by atoms with van der Waals surface area (Å²) in [5.41, 5.74) is -0.493. The van der Waals surface area contributed by atoms with Crippen molar-refractivity contribution in [3.8, 4) is 17.2 Å². The highest BCUT2D eigenvalue weighted by Crippen LogP contribution is 2.50. The Morgan fingerprint density at radius 3 is 1.93 bits per heavy atom. The summed E-state index contributed by atoms with van der Waals surface area (Å²) >= 11 is 3.66. The quantitative estimate of drug-likeness (QED) is 0.203. The van der Waals surface area contributed by atoms with E-state index >= 15 is 0 Å². The number of amides is 3. The minimum absolute atomic E-state index is 0.0268. The zero-order valence-electron chi connectivity index (χ0n) is 25.8. The maximum atomic E-state index is 13.5. The van der Waals surface area contributed by atoms with E-state index in [4.69, 9.17) is 18.9 Å². The number of nitrogens with zero attached hydrogens (tertiary/aromatic N) is 1. The molecule has 0 aliphatic carbocycles. The number of imide groups is 1. The molecule has 11 heteroatoms. The van der Waals surface area contributed by atoms with Gasteiger partial charge in [0.2, 0.25) is 10.5 Å². The van der Waals surface area contributed by atoms with Gasteiger partial charge < -0.3 is 29.2 Å². The molecule has 5 rings (SSSR count). The Kier molecular flexibility index (Phi) is 9.46. The third kappa shape index (κ3) is 6.53. The van der Waals surface area contributed by atoms with Crippen molar-refractivity contribution in [1.82, 2.24) is 10.2 Å². The lowest BCUT2D eigenvalue weighted by atomic mass is 9.80. The molecule has 2 aliphatic heterocycles. The molecule has 2 aliphatic rings. The van der Waals surface area contributed by atoms with Crippen molar-refractivity contribution in [3.63, 3.8) is 0 Å². The van der Waals surface area contributed by atoms with E-state index in [1.165, 1.54) is 4.90 Å². The number of urea groups is 1.